The van der Waals surface area contributed by atoms with E-state index in [9.17, 15) is 4.79 Å². The van der Waals surface area contributed by atoms with E-state index in [1.165, 1.54) is 27.4 Å². The zero-order valence-corrected chi connectivity index (χ0v) is 20.8. The molecule has 0 amide bonds. The highest BCUT2D eigenvalue weighted by molar-refractivity contribution is 8.04. The molecular formula is C24H39N5OS. The summed E-state index contributed by atoms with van der Waals surface area (Å²) in [6.07, 6.45) is 8.66. The molecule has 2 N–H and O–H groups in total. The molecule has 0 saturated heterocycles. The van der Waals surface area contributed by atoms with Crippen molar-refractivity contribution in [3.05, 3.63) is 33.5 Å². The molecule has 0 fully saturated rings. The molecule has 31 heavy (non-hydrogen) atoms. The summed E-state index contributed by atoms with van der Waals surface area (Å²) in [6, 6.07) is 0.254. The Kier molecular flexibility index (Phi) is 8.42. The van der Waals surface area contributed by atoms with Crippen molar-refractivity contribution in [2.75, 3.05) is 20.1 Å². The molecule has 2 atom stereocenters. The van der Waals surface area contributed by atoms with Crippen molar-refractivity contribution in [3.8, 4) is 0 Å². The molecular weight excluding hydrogens is 406 g/mol. The molecule has 172 valence electrons. The van der Waals surface area contributed by atoms with Gasteiger partial charge in [0.15, 0.2) is 0 Å². The van der Waals surface area contributed by atoms with Crippen molar-refractivity contribution in [2.45, 2.75) is 78.3 Å². The fourth-order valence-corrected chi connectivity index (χ4v) is 6.00. The first kappa shape index (κ1) is 24.1. The normalized spacial score (nSPS) is 23.9. The Hall–Kier alpha value is -1.57. The SMILES string of the molecule is CCCC1=C(C2=C(CC)NC(N(C)CC=O)S2)N2NC(C)C=C(C(CC)CC)C2=NC1. The van der Waals surface area contributed by atoms with Crippen LogP contribution in [0.15, 0.2) is 38.5 Å². The van der Waals surface area contributed by atoms with Gasteiger partial charge in [0, 0.05) is 11.7 Å². The number of amidine groups is 1. The molecule has 0 radical (unpaired) electrons. The highest BCUT2D eigenvalue weighted by Gasteiger charge is 2.38. The fourth-order valence-electron chi connectivity index (χ4n) is 4.62. The van der Waals surface area contributed by atoms with Crippen LogP contribution in [0.3, 0.4) is 0 Å². The predicted molar refractivity (Wildman–Crippen MR) is 131 cm³/mol. The summed E-state index contributed by atoms with van der Waals surface area (Å²) < 4.78 is 0. The van der Waals surface area contributed by atoms with Crippen LogP contribution in [-0.4, -0.2) is 53.7 Å². The molecule has 0 aromatic heterocycles. The van der Waals surface area contributed by atoms with Gasteiger partial charge in [-0.3, -0.25) is 14.9 Å². The monoisotopic (exact) mass is 445 g/mol. The molecule has 7 heteroatoms. The zero-order chi connectivity index (χ0) is 22.5. The molecule has 3 heterocycles. The van der Waals surface area contributed by atoms with Crippen LogP contribution in [0, 0.1) is 5.92 Å². The first-order valence-electron chi connectivity index (χ1n) is 11.8. The summed E-state index contributed by atoms with van der Waals surface area (Å²) in [5.74, 6) is 1.62. The van der Waals surface area contributed by atoms with Crippen molar-refractivity contribution in [2.24, 2.45) is 10.9 Å². The predicted octanol–water partition coefficient (Wildman–Crippen LogP) is 4.40. The second-order valence-electron chi connectivity index (χ2n) is 8.61. The van der Waals surface area contributed by atoms with Gasteiger partial charge in [-0.2, -0.15) is 0 Å². The number of hydrazine groups is 1. The van der Waals surface area contributed by atoms with Gasteiger partial charge in [-0.25, -0.2) is 5.43 Å². The summed E-state index contributed by atoms with van der Waals surface area (Å²) in [5.41, 5.74) is 9.09. The lowest BCUT2D eigenvalue weighted by atomic mass is 9.89. The van der Waals surface area contributed by atoms with Crippen LogP contribution >= 0.6 is 11.8 Å². The highest BCUT2D eigenvalue weighted by atomic mass is 32.2. The molecule has 0 bridgehead atoms. The number of likely N-dealkylation sites (N-methyl/N-ethyl adjacent to an activating group) is 1. The average molecular weight is 446 g/mol. The third-order valence-corrected chi connectivity index (χ3v) is 7.70. The Morgan fingerprint density at radius 3 is 2.68 bits per heavy atom. The van der Waals surface area contributed by atoms with Crippen LogP contribution in [0.5, 0.6) is 0 Å². The van der Waals surface area contributed by atoms with E-state index in [1.807, 2.05) is 18.8 Å². The summed E-state index contributed by atoms with van der Waals surface area (Å²) in [5, 5.41) is 5.95. The van der Waals surface area contributed by atoms with Gasteiger partial charge < -0.3 is 10.1 Å². The number of allylic oxidation sites excluding steroid dienone is 1. The first-order chi connectivity index (χ1) is 15.0. The van der Waals surface area contributed by atoms with E-state index < -0.39 is 0 Å². The maximum atomic E-state index is 11.1. The standard InChI is InChI=1S/C24H39N5OS/c1-7-11-18-15-25-23-19(17(8-2)9-3)14-16(5)27-29(23)21(18)22-20(10-4)26-24(31-22)28(6)12-13-30/h13-14,16-17,24,26-27H,7-12,15H2,1-6H3. The molecule has 0 saturated carbocycles. The Bertz CT molecular complexity index is 796. The van der Waals surface area contributed by atoms with E-state index in [2.05, 4.69) is 61.3 Å². The first-order valence-corrected chi connectivity index (χ1v) is 12.7. The Labute approximate surface area is 192 Å². The van der Waals surface area contributed by atoms with Crippen LogP contribution < -0.4 is 10.7 Å². The van der Waals surface area contributed by atoms with Gasteiger partial charge in [0.2, 0.25) is 0 Å². The Morgan fingerprint density at radius 1 is 1.32 bits per heavy atom. The van der Waals surface area contributed by atoms with Gasteiger partial charge in [0.25, 0.3) is 0 Å². The number of fused-ring (bicyclic) bond motifs is 1. The van der Waals surface area contributed by atoms with Gasteiger partial charge in [-0.15, -0.1) is 0 Å². The van der Waals surface area contributed by atoms with Crippen LogP contribution in [0.1, 0.15) is 66.7 Å². The average Bonchev–Trinajstić information content (AvgIpc) is 3.19. The molecule has 2 unspecified atom stereocenters. The number of hydrogen-bond acceptors (Lipinski definition) is 7. The van der Waals surface area contributed by atoms with E-state index in [4.69, 9.17) is 4.99 Å². The second-order valence-corrected chi connectivity index (χ2v) is 9.70. The highest BCUT2D eigenvalue weighted by Crippen LogP contribution is 2.43. The topological polar surface area (TPSA) is 60.0 Å². The van der Waals surface area contributed by atoms with Gasteiger partial charge in [0.1, 0.15) is 17.6 Å². The van der Waals surface area contributed by atoms with Crippen LogP contribution in [-0.2, 0) is 4.79 Å². The van der Waals surface area contributed by atoms with E-state index in [1.54, 1.807) is 0 Å². The fraction of sp³-hybridized carbons (Fsp3) is 0.667. The maximum absolute atomic E-state index is 11.1. The molecule has 0 aliphatic carbocycles. The molecule has 0 aromatic carbocycles. The van der Waals surface area contributed by atoms with E-state index in [-0.39, 0.29) is 11.5 Å². The molecule has 0 spiro atoms. The number of rotatable bonds is 10. The minimum atomic E-state index is 0.0732. The summed E-state index contributed by atoms with van der Waals surface area (Å²) in [6.45, 7) is 12.4. The lowest BCUT2D eigenvalue weighted by Gasteiger charge is -2.41. The Balaban J connectivity index is 2.02. The van der Waals surface area contributed by atoms with E-state index in [0.717, 1.165) is 50.8 Å². The number of aldehydes is 1. The zero-order valence-electron chi connectivity index (χ0n) is 20.0. The minimum Gasteiger partial charge on any atom is -0.363 e. The number of aliphatic imine (C=N–C) groups is 1. The maximum Gasteiger partial charge on any atom is 0.146 e. The quantitative estimate of drug-likeness (QED) is 0.486. The van der Waals surface area contributed by atoms with Gasteiger partial charge in [-0.1, -0.05) is 52.0 Å². The van der Waals surface area contributed by atoms with Crippen LogP contribution in [0.2, 0.25) is 0 Å². The number of nitrogens with zero attached hydrogens (tertiary/aromatic N) is 3. The third-order valence-electron chi connectivity index (χ3n) is 6.32. The molecule has 3 aliphatic heterocycles. The summed E-state index contributed by atoms with van der Waals surface area (Å²) in [4.78, 5) is 19.5. The van der Waals surface area contributed by atoms with E-state index >= 15 is 0 Å². The van der Waals surface area contributed by atoms with Gasteiger partial charge in [-0.05, 0) is 56.7 Å². The summed E-state index contributed by atoms with van der Waals surface area (Å²) in [7, 11) is 2.00. The third kappa shape index (κ3) is 4.94. The van der Waals surface area contributed by atoms with Crippen molar-refractivity contribution >= 4 is 23.9 Å². The number of carbonyl (C=O) groups excluding carboxylic acids is 1. The Morgan fingerprint density at radius 2 is 2.06 bits per heavy atom. The largest absolute Gasteiger partial charge is 0.363 e. The molecule has 0 aromatic rings. The van der Waals surface area contributed by atoms with Crippen molar-refractivity contribution in [3.63, 3.8) is 0 Å². The van der Waals surface area contributed by atoms with Crippen LogP contribution in [0.4, 0.5) is 0 Å². The van der Waals surface area contributed by atoms with Gasteiger partial charge in [0.05, 0.1) is 23.7 Å². The molecule has 6 nitrogen and oxygen atoms in total. The second kappa shape index (κ2) is 10.8. The smallest absolute Gasteiger partial charge is 0.146 e. The lowest BCUT2D eigenvalue weighted by molar-refractivity contribution is -0.108. The van der Waals surface area contributed by atoms with Crippen molar-refractivity contribution in [1.82, 2.24) is 20.7 Å². The number of nitrogens with one attached hydrogen (secondary N) is 2. The van der Waals surface area contributed by atoms with Gasteiger partial charge >= 0.3 is 0 Å². The molecule has 3 aliphatic rings. The molecule has 3 rings (SSSR count). The number of hydrogen-bond donors (Lipinski definition) is 2. The van der Waals surface area contributed by atoms with Crippen molar-refractivity contribution in [1.29, 1.82) is 0 Å². The van der Waals surface area contributed by atoms with E-state index in [0.29, 0.717) is 12.5 Å². The van der Waals surface area contributed by atoms with Crippen LogP contribution in [0.25, 0.3) is 0 Å². The number of thioether (sulfide) groups is 1. The minimum absolute atomic E-state index is 0.0732. The number of carbonyl (C=O) groups is 1. The van der Waals surface area contributed by atoms with Crippen molar-refractivity contribution < 1.29 is 4.79 Å². The summed E-state index contributed by atoms with van der Waals surface area (Å²) >= 11 is 1.83. The lowest BCUT2D eigenvalue weighted by Crippen LogP contribution is -2.53.